The molecule has 0 amide bonds. The molecule has 1 unspecified atom stereocenters. The molecule has 0 saturated heterocycles. The van der Waals surface area contributed by atoms with E-state index in [0.29, 0.717) is 6.04 Å². The zero-order valence-corrected chi connectivity index (χ0v) is 12.4. The van der Waals surface area contributed by atoms with Crippen LogP contribution in [0.3, 0.4) is 0 Å². The van der Waals surface area contributed by atoms with E-state index in [4.69, 9.17) is 4.74 Å². The van der Waals surface area contributed by atoms with Crippen molar-refractivity contribution in [2.45, 2.75) is 44.8 Å². The van der Waals surface area contributed by atoms with Crippen LogP contribution in [0, 0.1) is 0 Å². The molecular formula is C16H26N2O. The lowest BCUT2D eigenvalue weighted by Crippen LogP contribution is -2.40. The zero-order valence-electron chi connectivity index (χ0n) is 12.4. The van der Waals surface area contributed by atoms with Gasteiger partial charge in [-0.1, -0.05) is 19.1 Å². The monoisotopic (exact) mass is 262 g/mol. The Morgan fingerprint density at radius 1 is 1.42 bits per heavy atom. The van der Waals surface area contributed by atoms with E-state index in [1.165, 1.54) is 24.8 Å². The van der Waals surface area contributed by atoms with E-state index < -0.39 is 0 Å². The molecule has 19 heavy (non-hydrogen) atoms. The average Bonchev–Trinajstić information content (AvgIpc) is 3.24. The number of ether oxygens (including phenoxy) is 1. The van der Waals surface area contributed by atoms with Crippen molar-refractivity contribution in [2.24, 2.45) is 0 Å². The molecule has 0 aliphatic heterocycles. The van der Waals surface area contributed by atoms with Crippen LogP contribution in [0.25, 0.3) is 0 Å². The largest absolute Gasteiger partial charge is 0.497 e. The third kappa shape index (κ3) is 4.51. The first-order valence-electron chi connectivity index (χ1n) is 7.29. The maximum atomic E-state index is 5.28. The Morgan fingerprint density at radius 3 is 2.84 bits per heavy atom. The van der Waals surface area contributed by atoms with Crippen molar-refractivity contribution in [3.05, 3.63) is 29.8 Å². The zero-order chi connectivity index (χ0) is 13.7. The number of hydrogen-bond acceptors (Lipinski definition) is 3. The fourth-order valence-corrected chi connectivity index (χ4v) is 2.39. The molecule has 3 heteroatoms. The number of benzene rings is 1. The number of nitrogens with one attached hydrogen (secondary N) is 1. The highest BCUT2D eigenvalue weighted by Gasteiger charge is 2.22. The van der Waals surface area contributed by atoms with Crippen molar-refractivity contribution in [1.82, 2.24) is 10.2 Å². The van der Waals surface area contributed by atoms with E-state index in [1.807, 2.05) is 6.07 Å². The molecule has 106 valence electrons. The van der Waals surface area contributed by atoms with Gasteiger partial charge in [-0.2, -0.15) is 0 Å². The second-order valence-corrected chi connectivity index (χ2v) is 5.51. The average molecular weight is 262 g/mol. The van der Waals surface area contributed by atoms with Gasteiger partial charge >= 0.3 is 0 Å². The van der Waals surface area contributed by atoms with Gasteiger partial charge in [0, 0.05) is 25.2 Å². The first-order chi connectivity index (χ1) is 9.22. The predicted octanol–water partition coefficient (Wildman–Crippen LogP) is 2.66. The number of methoxy groups -OCH3 is 1. The van der Waals surface area contributed by atoms with Gasteiger partial charge in [0.2, 0.25) is 0 Å². The Bertz CT molecular complexity index is 390. The summed E-state index contributed by atoms with van der Waals surface area (Å²) in [6, 6.07) is 9.74. The van der Waals surface area contributed by atoms with Crippen LogP contribution in [-0.2, 0) is 6.54 Å². The summed E-state index contributed by atoms with van der Waals surface area (Å²) in [4.78, 5) is 2.43. The third-order valence-corrected chi connectivity index (χ3v) is 3.88. The number of nitrogens with zero attached hydrogens (tertiary/aromatic N) is 1. The summed E-state index contributed by atoms with van der Waals surface area (Å²) in [5.74, 6) is 0.940. The first kappa shape index (κ1) is 14.4. The van der Waals surface area contributed by atoms with Crippen LogP contribution >= 0.6 is 0 Å². The number of likely N-dealkylation sites (N-methyl/N-ethyl adjacent to an activating group) is 1. The van der Waals surface area contributed by atoms with Gasteiger partial charge in [-0.05, 0) is 44.0 Å². The molecule has 1 aliphatic rings. The predicted molar refractivity (Wildman–Crippen MR) is 79.6 cm³/mol. The van der Waals surface area contributed by atoms with Crippen LogP contribution in [0.4, 0.5) is 0 Å². The molecule has 1 aromatic carbocycles. The van der Waals surface area contributed by atoms with Crippen molar-refractivity contribution in [2.75, 3.05) is 20.7 Å². The Labute approximate surface area is 116 Å². The second kappa shape index (κ2) is 6.92. The fourth-order valence-electron chi connectivity index (χ4n) is 2.39. The summed E-state index contributed by atoms with van der Waals surface area (Å²) in [6.07, 6.45) is 3.90. The van der Waals surface area contributed by atoms with E-state index in [1.54, 1.807) is 7.11 Å². The number of hydrogen-bond donors (Lipinski definition) is 1. The summed E-state index contributed by atoms with van der Waals surface area (Å²) >= 11 is 0. The third-order valence-electron chi connectivity index (χ3n) is 3.88. The molecule has 3 nitrogen and oxygen atoms in total. The maximum Gasteiger partial charge on any atom is 0.119 e. The van der Waals surface area contributed by atoms with Crippen LogP contribution in [0.5, 0.6) is 5.75 Å². The highest BCUT2D eigenvalue weighted by molar-refractivity contribution is 5.28. The van der Waals surface area contributed by atoms with E-state index in [2.05, 4.69) is 42.4 Å². The van der Waals surface area contributed by atoms with E-state index >= 15 is 0 Å². The molecule has 1 aromatic rings. The van der Waals surface area contributed by atoms with Crippen molar-refractivity contribution in [1.29, 1.82) is 0 Å². The molecule has 0 radical (unpaired) electrons. The lowest BCUT2D eigenvalue weighted by Gasteiger charge is -2.27. The highest BCUT2D eigenvalue weighted by Crippen LogP contribution is 2.19. The summed E-state index contributed by atoms with van der Waals surface area (Å²) in [5.41, 5.74) is 1.31. The Balaban J connectivity index is 1.87. The van der Waals surface area contributed by atoms with Crippen molar-refractivity contribution < 1.29 is 4.74 Å². The van der Waals surface area contributed by atoms with Gasteiger partial charge in [0.15, 0.2) is 0 Å². The summed E-state index contributed by atoms with van der Waals surface area (Å²) in [6.45, 7) is 4.34. The summed E-state index contributed by atoms with van der Waals surface area (Å²) < 4.78 is 5.28. The van der Waals surface area contributed by atoms with E-state index in [9.17, 15) is 0 Å². The maximum absolute atomic E-state index is 5.28. The fraction of sp³-hybridized carbons (Fsp3) is 0.625. The molecular weight excluding hydrogens is 236 g/mol. The van der Waals surface area contributed by atoms with Gasteiger partial charge in [0.1, 0.15) is 5.75 Å². The van der Waals surface area contributed by atoms with Gasteiger partial charge in [-0.3, -0.25) is 4.90 Å². The van der Waals surface area contributed by atoms with Crippen LogP contribution in [-0.4, -0.2) is 37.7 Å². The Hall–Kier alpha value is -1.06. The Kier molecular flexibility index (Phi) is 5.23. The van der Waals surface area contributed by atoms with E-state index in [-0.39, 0.29) is 0 Å². The van der Waals surface area contributed by atoms with Crippen LogP contribution < -0.4 is 10.1 Å². The van der Waals surface area contributed by atoms with Crippen molar-refractivity contribution in [3.8, 4) is 5.75 Å². The van der Waals surface area contributed by atoms with Crippen LogP contribution in [0.1, 0.15) is 31.7 Å². The lowest BCUT2D eigenvalue weighted by atomic mass is 10.1. The lowest BCUT2D eigenvalue weighted by molar-refractivity contribution is 0.221. The molecule has 1 saturated carbocycles. The minimum absolute atomic E-state index is 0.604. The standard InChI is InChI=1S/C16H26N2O/c1-4-15(11-17-14-8-9-14)18(2)12-13-6-5-7-16(10-13)19-3/h5-7,10,14-15,17H,4,8-9,11-12H2,1-3H3. The van der Waals surface area contributed by atoms with Gasteiger partial charge in [0.05, 0.1) is 7.11 Å². The van der Waals surface area contributed by atoms with Crippen molar-refractivity contribution in [3.63, 3.8) is 0 Å². The normalized spacial score (nSPS) is 16.6. The first-order valence-corrected chi connectivity index (χ1v) is 7.29. The number of rotatable bonds is 8. The molecule has 0 heterocycles. The molecule has 2 rings (SSSR count). The summed E-state index contributed by atoms with van der Waals surface area (Å²) in [7, 11) is 3.93. The molecule has 1 fully saturated rings. The van der Waals surface area contributed by atoms with Gasteiger partial charge < -0.3 is 10.1 Å². The van der Waals surface area contributed by atoms with Gasteiger partial charge in [0.25, 0.3) is 0 Å². The molecule has 0 aromatic heterocycles. The smallest absolute Gasteiger partial charge is 0.119 e. The van der Waals surface area contributed by atoms with Crippen LogP contribution in [0.2, 0.25) is 0 Å². The van der Waals surface area contributed by atoms with Crippen molar-refractivity contribution >= 4 is 0 Å². The Morgan fingerprint density at radius 2 is 2.21 bits per heavy atom. The molecule has 0 bridgehead atoms. The highest BCUT2D eigenvalue weighted by atomic mass is 16.5. The van der Waals surface area contributed by atoms with Crippen LogP contribution in [0.15, 0.2) is 24.3 Å². The SMILES string of the molecule is CCC(CNC1CC1)N(C)Cc1cccc(OC)c1. The summed E-state index contributed by atoms with van der Waals surface area (Å²) in [5, 5.41) is 3.63. The minimum Gasteiger partial charge on any atom is -0.497 e. The molecule has 1 aliphatic carbocycles. The molecule has 0 spiro atoms. The molecule has 1 N–H and O–H groups in total. The van der Waals surface area contributed by atoms with E-state index in [0.717, 1.165) is 24.9 Å². The quantitative estimate of drug-likeness (QED) is 0.779. The second-order valence-electron chi connectivity index (χ2n) is 5.51. The molecule has 1 atom stereocenters. The van der Waals surface area contributed by atoms with Gasteiger partial charge in [-0.25, -0.2) is 0 Å². The topological polar surface area (TPSA) is 24.5 Å². The van der Waals surface area contributed by atoms with Gasteiger partial charge in [-0.15, -0.1) is 0 Å². The minimum atomic E-state index is 0.604.